The van der Waals surface area contributed by atoms with Crippen molar-refractivity contribution in [2.45, 2.75) is 6.04 Å². The maximum atomic E-state index is 12.3. The first-order valence-corrected chi connectivity index (χ1v) is 6.72. The molecule has 1 aromatic carbocycles. The number of hydrogen-bond donors (Lipinski definition) is 3. The number of pyridine rings is 1. The van der Waals surface area contributed by atoms with Gasteiger partial charge in [-0.3, -0.25) is 4.79 Å². The number of carbonyl (C=O) groups excluding carboxylic acids is 1. The van der Waals surface area contributed by atoms with Crippen LogP contribution in [0.1, 0.15) is 22.0 Å². The number of amides is 1. The van der Waals surface area contributed by atoms with Crippen LogP contribution >= 0.6 is 0 Å². The van der Waals surface area contributed by atoms with Crippen molar-refractivity contribution in [3.05, 3.63) is 70.3 Å². The first-order valence-electron chi connectivity index (χ1n) is 6.72. The number of aliphatic hydroxyl groups is 1. The van der Waals surface area contributed by atoms with Gasteiger partial charge in [0.1, 0.15) is 0 Å². The molecule has 7 nitrogen and oxygen atoms in total. The molecule has 1 amide bonds. The molecule has 3 rings (SSSR count). The minimum atomic E-state index is -0.509. The Bertz CT molecular complexity index is 854. The number of aromatic amines is 1. The standard InChI is InChI=1S/C15H14N4O3/c20-9-12(10-4-2-1-3-5-10)16-14(21)11-6-7-13-17-18-15(22)19(13)8-11/h1-8,12,20H,9H2,(H,16,21)(H,18,22)/t12-/m0/s1. The molecule has 1 atom stereocenters. The molecule has 0 saturated carbocycles. The Balaban J connectivity index is 1.85. The van der Waals surface area contributed by atoms with Gasteiger partial charge in [0.2, 0.25) is 0 Å². The Labute approximate surface area is 125 Å². The van der Waals surface area contributed by atoms with Crippen LogP contribution in [0.5, 0.6) is 0 Å². The third kappa shape index (κ3) is 2.61. The van der Waals surface area contributed by atoms with Crippen LogP contribution in [-0.2, 0) is 0 Å². The Hall–Kier alpha value is -2.93. The quantitative estimate of drug-likeness (QED) is 0.652. The van der Waals surface area contributed by atoms with E-state index in [2.05, 4.69) is 15.5 Å². The first kappa shape index (κ1) is 14.0. The summed E-state index contributed by atoms with van der Waals surface area (Å²) in [6.07, 6.45) is 1.41. The summed E-state index contributed by atoms with van der Waals surface area (Å²) in [5.41, 5.74) is 1.14. The van der Waals surface area contributed by atoms with E-state index in [4.69, 9.17) is 0 Å². The molecule has 0 aliphatic carbocycles. The van der Waals surface area contributed by atoms with Crippen LogP contribution in [0.25, 0.3) is 5.65 Å². The molecule has 2 aromatic heterocycles. The zero-order valence-corrected chi connectivity index (χ0v) is 11.6. The van der Waals surface area contributed by atoms with Crippen LogP contribution in [0.4, 0.5) is 0 Å². The third-order valence-electron chi connectivity index (χ3n) is 3.36. The summed E-state index contributed by atoms with van der Waals surface area (Å²) in [4.78, 5) is 23.8. The van der Waals surface area contributed by atoms with Gasteiger partial charge in [0.05, 0.1) is 18.2 Å². The smallest absolute Gasteiger partial charge is 0.347 e. The molecular formula is C15H14N4O3. The lowest BCUT2D eigenvalue weighted by Gasteiger charge is -2.16. The number of aromatic nitrogens is 3. The summed E-state index contributed by atoms with van der Waals surface area (Å²) in [5, 5.41) is 18.3. The second-order valence-corrected chi connectivity index (χ2v) is 4.79. The number of nitrogens with zero attached hydrogens (tertiary/aromatic N) is 2. The van der Waals surface area contributed by atoms with Gasteiger partial charge in [0.25, 0.3) is 5.91 Å². The van der Waals surface area contributed by atoms with Crippen molar-refractivity contribution in [2.24, 2.45) is 0 Å². The van der Waals surface area contributed by atoms with Crippen LogP contribution in [0.3, 0.4) is 0 Å². The summed E-state index contributed by atoms with van der Waals surface area (Å²) < 4.78 is 1.26. The number of fused-ring (bicyclic) bond motifs is 1. The minimum absolute atomic E-state index is 0.219. The molecule has 112 valence electrons. The molecule has 0 aliphatic heterocycles. The van der Waals surface area contributed by atoms with Gasteiger partial charge in [-0.25, -0.2) is 14.3 Å². The van der Waals surface area contributed by atoms with Gasteiger partial charge in [-0.1, -0.05) is 30.3 Å². The number of aliphatic hydroxyl groups excluding tert-OH is 1. The van der Waals surface area contributed by atoms with E-state index >= 15 is 0 Å². The minimum Gasteiger partial charge on any atom is -0.394 e. The van der Waals surface area contributed by atoms with Crippen molar-refractivity contribution in [3.63, 3.8) is 0 Å². The Morgan fingerprint density at radius 1 is 1.27 bits per heavy atom. The van der Waals surface area contributed by atoms with E-state index in [0.29, 0.717) is 11.2 Å². The molecule has 0 bridgehead atoms. The van der Waals surface area contributed by atoms with Crippen LogP contribution in [0.2, 0.25) is 0 Å². The van der Waals surface area contributed by atoms with Crippen LogP contribution in [0.15, 0.2) is 53.5 Å². The van der Waals surface area contributed by atoms with E-state index in [0.717, 1.165) is 5.56 Å². The summed E-state index contributed by atoms with van der Waals surface area (Å²) in [7, 11) is 0. The average molecular weight is 298 g/mol. The fourth-order valence-corrected chi connectivity index (χ4v) is 2.20. The van der Waals surface area contributed by atoms with Gasteiger partial charge < -0.3 is 10.4 Å². The van der Waals surface area contributed by atoms with Gasteiger partial charge in [-0.2, -0.15) is 5.10 Å². The Morgan fingerprint density at radius 2 is 2.05 bits per heavy atom. The molecule has 7 heteroatoms. The van der Waals surface area contributed by atoms with Crippen LogP contribution in [-0.4, -0.2) is 32.2 Å². The van der Waals surface area contributed by atoms with Crippen molar-refractivity contribution >= 4 is 11.6 Å². The lowest BCUT2D eigenvalue weighted by atomic mass is 10.1. The zero-order valence-electron chi connectivity index (χ0n) is 11.6. The molecular weight excluding hydrogens is 284 g/mol. The molecule has 0 unspecified atom stereocenters. The van der Waals surface area contributed by atoms with E-state index in [-0.39, 0.29) is 12.5 Å². The molecule has 3 N–H and O–H groups in total. The maximum absolute atomic E-state index is 12.3. The molecule has 3 aromatic rings. The van der Waals surface area contributed by atoms with Gasteiger partial charge in [-0.15, -0.1) is 0 Å². The number of benzene rings is 1. The number of hydrogen-bond acceptors (Lipinski definition) is 4. The van der Waals surface area contributed by atoms with E-state index < -0.39 is 11.7 Å². The first-order chi connectivity index (χ1) is 10.7. The van der Waals surface area contributed by atoms with Crippen molar-refractivity contribution in [1.82, 2.24) is 19.9 Å². The summed E-state index contributed by atoms with van der Waals surface area (Å²) in [6, 6.07) is 11.8. The highest BCUT2D eigenvalue weighted by molar-refractivity contribution is 5.94. The summed E-state index contributed by atoms with van der Waals surface area (Å²) >= 11 is 0. The molecule has 2 heterocycles. The summed E-state index contributed by atoms with van der Waals surface area (Å²) in [6.45, 7) is -0.219. The average Bonchev–Trinajstić information content (AvgIpc) is 2.94. The highest BCUT2D eigenvalue weighted by Gasteiger charge is 2.15. The monoisotopic (exact) mass is 298 g/mol. The Kier molecular flexibility index (Phi) is 3.71. The highest BCUT2D eigenvalue weighted by atomic mass is 16.3. The fraction of sp³-hybridized carbons (Fsp3) is 0.133. The molecule has 0 aliphatic rings. The van der Waals surface area contributed by atoms with E-state index in [1.54, 1.807) is 12.1 Å². The van der Waals surface area contributed by atoms with Crippen LogP contribution in [0, 0.1) is 0 Å². The normalized spacial score (nSPS) is 12.2. The van der Waals surface area contributed by atoms with Gasteiger partial charge in [0.15, 0.2) is 5.65 Å². The SMILES string of the molecule is O=C(N[C@@H](CO)c1ccccc1)c1ccc2n[nH]c(=O)n2c1. The van der Waals surface area contributed by atoms with Crippen LogP contribution < -0.4 is 11.0 Å². The number of rotatable bonds is 4. The molecule has 22 heavy (non-hydrogen) atoms. The van der Waals surface area contributed by atoms with Gasteiger partial charge in [0, 0.05) is 6.20 Å². The number of carbonyl (C=O) groups is 1. The van der Waals surface area contributed by atoms with E-state index in [9.17, 15) is 14.7 Å². The van der Waals surface area contributed by atoms with Crippen molar-refractivity contribution in [2.75, 3.05) is 6.61 Å². The maximum Gasteiger partial charge on any atom is 0.347 e. The molecule has 0 spiro atoms. The lowest BCUT2D eigenvalue weighted by molar-refractivity contribution is 0.0915. The van der Waals surface area contributed by atoms with Crippen molar-refractivity contribution in [3.8, 4) is 0 Å². The predicted molar refractivity (Wildman–Crippen MR) is 79.5 cm³/mol. The number of H-pyrrole nitrogens is 1. The largest absolute Gasteiger partial charge is 0.394 e. The Morgan fingerprint density at radius 3 is 2.77 bits per heavy atom. The molecule has 0 fully saturated rings. The van der Waals surface area contributed by atoms with Gasteiger partial charge in [-0.05, 0) is 17.7 Å². The topological polar surface area (TPSA) is 99.5 Å². The lowest BCUT2D eigenvalue weighted by Crippen LogP contribution is -2.31. The van der Waals surface area contributed by atoms with E-state index in [1.165, 1.54) is 10.6 Å². The zero-order chi connectivity index (χ0) is 15.5. The second-order valence-electron chi connectivity index (χ2n) is 4.79. The summed E-state index contributed by atoms with van der Waals surface area (Å²) in [5.74, 6) is -0.377. The highest BCUT2D eigenvalue weighted by Crippen LogP contribution is 2.13. The predicted octanol–water partition coefficient (Wildman–Crippen LogP) is 0.486. The van der Waals surface area contributed by atoms with Crippen molar-refractivity contribution in [1.29, 1.82) is 0 Å². The third-order valence-corrected chi connectivity index (χ3v) is 3.36. The number of nitrogens with one attached hydrogen (secondary N) is 2. The van der Waals surface area contributed by atoms with E-state index in [1.807, 2.05) is 30.3 Å². The second kappa shape index (κ2) is 5.82. The molecule has 0 saturated heterocycles. The van der Waals surface area contributed by atoms with Gasteiger partial charge >= 0.3 is 5.69 Å². The van der Waals surface area contributed by atoms with Crippen molar-refractivity contribution < 1.29 is 9.90 Å². The fourth-order valence-electron chi connectivity index (χ4n) is 2.20. The molecule has 0 radical (unpaired) electrons.